The maximum atomic E-state index is 5.74. The summed E-state index contributed by atoms with van der Waals surface area (Å²) in [5.74, 6) is 0.295. The lowest BCUT2D eigenvalue weighted by atomic mass is 10.0. The molecule has 0 radical (unpaired) electrons. The fraction of sp³-hybridized carbons (Fsp3) is 0.538. The molecule has 0 unspecified atom stereocenters. The lowest BCUT2D eigenvalue weighted by molar-refractivity contribution is 0.247. The molecule has 0 atom stereocenters. The first kappa shape index (κ1) is 13.0. The van der Waals surface area contributed by atoms with E-state index in [0.29, 0.717) is 34.8 Å². The van der Waals surface area contributed by atoms with Crippen LogP contribution >= 0.6 is 0 Å². The van der Waals surface area contributed by atoms with Crippen LogP contribution in [0.1, 0.15) is 12.8 Å². The topological polar surface area (TPSA) is 97.4 Å². The Bertz CT molecular complexity index is 576. The molecule has 3 rings (SSSR count). The number of rotatable bonds is 2. The van der Waals surface area contributed by atoms with Crippen LogP contribution in [0.5, 0.6) is 0 Å². The monoisotopic (exact) mass is 276 g/mol. The Hall–Kier alpha value is -2.02. The first-order valence-corrected chi connectivity index (χ1v) is 6.78. The number of nitrogens with two attached hydrogens (primary N) is 2. The van der Waals surface area contributed by atoms with Gasteiger partial charge >= 0.3 is 0 Å². The number of anilines is 3. The average molecular weight is 276 g/mol. The Morgan fingerprint density at radius 3 is 2.60 bits per heavy atom. The van der Waals surface area contributed by atoms with Crippen molar-refractivity contribution in [2.45, 2.75) is 18.9 Å². The van der Waals surface area contributed by atoms with E-state index in [1.165, 1.54) is 0 Å². The van der Waals surface area contributed by atoms with Crippen molar-refractivity contribution >= 4 is 28.8 Å². The highest BCUT2D eigenvalue weighted by Gasteiger charge is 2.24. The summed E-state index contributed by atoms with van der Waals surface area (Å²) in [6, 6.07) is 2.91. The molecule has 0 spiro atoms. The number of hydrogen-bond acceptors (Lipinski definition) is 7. The zero-order valence-corrected chi connectivity index (χ0v) is 11.8. The Labute approximate surface area is 117 Å². The van der Waals surface area contributed by atoms with Gasteiger partial charge in [-0.05, 0) is 26.9 Å². The number of oxazole rings is 1. The van der Waals surface area contributed by atoms with Crippen molar-refractivity contribution in [1.82, 2.24) is 14.9 Å². The molecule has 108 valence electrons. The molecule has 0 saturated carbocycles. The second kappa shape index (κ2) is 4.82. The van der Waals surface area contributed by atoms with Crippen molar-refractivity contribution in [1.29, 1.82) is 0 Å². The van der Waals surface area contributed by atoms with Crippen LogP contribution in [0.4, 0.5) is 17.5 Å². The molecule has 2 aromatic rings. The van der Waals surface area contributed by atoms with Gasteiger partial charge in [-0.3, -0.25) is 0 Å². The standard InChI is InChI=1S/C13H20N6O/c1-18(2)8-3-5-19(6-4-8)13-17-12-10(20-13)7-9(14)11(15)16-12/h7-8H,3-6,14H2,1-2H3,(H2,15,16). The van der Waals surface area contributed by atoms with Crippen LogP contribution in [0.2, 0.25) is 0 Å². The number of nitrogens with zero attached hydrogens (tertiary/aromatic N) is 4. The maximum absolute atomic E-state index is 5.74. The summed E-state index contributed by atoms with van der Waals surface area (Å²) in [6.07, 6.45) is 2.20. The van der Waals surface area contributed by atoms with Crippen molar-refractivity contribution in [2.24, 2.45) is 0 Å². The van der Waals surface area contributed by atoms with E-state index in [1.54, 1.807) is 6.07 Å². The maximum Gasteiger partial charge on any atom is 0.299 e. The first-order valence-electron chi connectivity index (χ1n) is 6.78. The van der Waals surface area contributed by atoms with Crippen molar-refractivity contribution in [2.75, 3.05) is 43.6 Å². The molecule has 0 amide bonds. The molecule has 0 bridgehead atoms. The van der Waals surface area contributed by atoms with Gasteiger partial charge in [0.15, 0.2) is 5.58 Å². The Balaban J connectivity index is 1.81. The predicted molar refractivity (Wildman–Crippen MR) is 79.6 cm³/mol. The highest BCUT2D eigenvalue weighted by molar-refractivity contribution is 5.79. The van der Waals surface area contributed by atoms with Crippen LogP contribution in [-0.2, 0) is 0 Å². The molecule has 0 aliphatic carbocycles. The third kappa shape index (κ3) is 2.24. The van der Waals surface area contributed by atoms with Crippen molar-refractivity contribution in [3.8, 4) is 0 Å². The lowest BCUT2D eigenvalue weighted by Crippen LogP contribution is -2.42. The molecule has 4 N–H and O–H groups in total. The molecule has 20 heavy (non-hydrogen) atoms. The fourth-order valence-corrected chi connectivity index (χ4v) is 2.59. The van der Waals surface area contributed by atoms with Crippen molar-refractivity contribution in [3.63, 3.8) is 0 Å². The van der Waals surface area contributed by atoms with E-state index in [2.05, 4.69) is 33.9 Å². The molecule has 3 heterocycles. The van der Waals surface area contributed by atoms with E-state index in [0.717, 1.165) is 25.9 Å². The normalized spacial score (nSPS) is 17.2. The van der Waals surface area contributed by atoms with Crippen molar-refractivity contribution in [3.05, 3.63) is 6.07 Å². The van der Waals surface area contributed by atoms with Crippen molar-refractivity contribution < 1.29 is 4.42 Å². The zero-order chi connectivity index (χ0) is 14.3. The Morgan fingerprint density at radius 2 is 1.95 bits per heavy atom. The number of nitrogen functional groups attached to an aromatic ring is 2. The van der Waals surface area contributed by atoms with Crippen LogP contribution in [-0.4, -0.2) is 48.1 Å². The van der Waals surface area contributed by atoms with E-state index < -0.39 is 0 Å². The minimum absolute atomic E-state index is 0.295. The molecule has 1 aliphatic heterocycles. The number of hydrogen-bond donors (Lipinski definition) is 2. The molecule has 7 nitrogen and oxygen atoms in total. The molecule has 2 aromatic heterocycles. The van der Waals surface area contributed by atoms with Gasteiger partial charge in [0.1, 0.15) is 5.82 Å². The van der Waals surface area contributed by atoms with Gasteiger partial charge in [0, 0.05) is 25.2 Å². The average Bonchev–Trinajstić information content (AvgIpc) is 2.82. The van der Waals surface area contributed by atoms with E-state index >= 15 is 0 Å². The van der Waals surface area contributed by atoms with E-state index in [-0.39, 0.29) is 0 Å². The molecule has 1 fully saturated rings. The number of pyridine rings is 1. The predicted octanol–water partition coefficient (Wildman–Crippen LogP) is 0.918. The number of piperidine rings is 1. The van der Waals surface area contributed by atoms with Gasteiger partial charge < -0.3 is 25.7 Å². The minimum Gasteiger partial charge on any atom is -0.422 e. The summed E-state index contributed by atoms with van der Waals surface area (Å²) in [7, 11) is 4.24. The van der Waals surface area contributed by atoms with Crippen LogP contribution in [0, 0.1) is 0 Å². The molecule has 7 heteroatoms. The van der Waals surface area contributed by atoms with E-state index in [9.17, 15) is 0 Å². The van der Waals surface area contributed by atoms with Gasteiger partial charge in [-0.2, -0.15) is 4.98 Å². The SMILES string of the molecule is CN(C)C1CCN(c2nc3nc(N)c(N)cc3o2)CC1. The fourth-order valence-electron chi connectivity index (χ4n) is 2.59. The van der Waals surface area contributed by atoms with Crippen LogP contribution < -0.4 is 16.4 Å². The molecule has 1 aliphatic rings. The number of fused-ring (bicyclic) bond motifs is 1. The lowest BCUT2D eigenvalue weighted by Gasteiger charge is -2.34. The van der Waals surface area contributed by atoms with Crippen LogP contribution in [0.3, 0.4) is 0 Å². The highest BCUT2D eigenvalue weighted by atomic mass is 16.4. The Morgan fingerprint density at radius 1 is 1.25 bits per heavy atom. The summed E-state index contributed by atoms with van der Waals surface area (Å²) in [4.78, 5) is 13.0. The summed E-state index contributed by atoms with van der Waals surface area (Å²) in [5, 5.41) is 0. The quantitative estimate of drug-likeness (QED) is 0.841. The minimum atomic E-state index is 0.295. The van der Waals surface area contributed by atoms with Gasteiger partial charge in [0.2, 0.25) is 5.65 Å². The summed E-state index contributed by atoms with van der Waals surface area (Å²) in [6.45, 7) is 1.86. The van der Waals surface area contributed by atoms with Crippen LogP contribution in [0.25, 0.3) is 11.2 Å². The van der Waals surface area contributed by atoms with Gasteiger partial charge in [0.25, 0.3) is 6.01 Å². The molecule has 0 aromatic carbocycles. The third-order valence-electron chi connectivity index (χ3n) is 3.90. The summed E-state index contributed by atoms with van der Waals surface area (Å²) >= 11 is 0. The third-order valence-corrected chi connectivity index (χ3v) is 3.90. The highest BCUT2D eigenvalue weighted by Crippen LogP contribution is 2.27. The molecular formula is C13H20N6O. The van der Waals surface area contributed by atoms with Gasteiger partial charge in [-0.25, -0.2) is 4.98 Å². The Kier molecular flexibility index (Phi) is 3.13. The summed E-state index contributed by atoms with van der Waals surface area (Å²) < 4.78 is 5.74. The van der Waals surface area contributed by atoms with Gasteiger partial charge in [-0.15, -0.1) is 0 Å². The molecule has 1 saturated heterocycles. The van der Waals surface area contributed by atoms with E-state index in [4.69, 9.17) is 15.9 Å². The van der Waals surface area contributed by atoms with E-state index in [1.807, 2.05) is 0 Å². The van der Waals surface area contributed by atoms with Gasteiger partial charge in [-0.1, -0.05) is 0 Å². The second-order valence-electron chi connectivity index (χ2n) is 5.46. The number of aromatic nitrogens is 2. The first-order chi connectivity index (χ1) is 9.54. The smallest absolute Gasteiger partial charge is 0.299 e. The zero-order valence-electron chi connectivity index (χ0n) is 11.8. The molecular weight excluding hydrogens is 256 g/mol. The van der Waals surface area contributed by atoms with Gasteiger partial charge in [0.05, 0.1) is 5.69 Å². The summed E-state index contributed by atoms with van der Waals surface area (Å²) in [5.41, 5.74) is 12.9. The second-order valence-corrected chi connectivity index (χ2v) is 5.46. The van der Waals surface area contributed by atoms with Crippen LogP contribution in [0.15, 0.2) is 10.5 Å². The largest absolute Gasteiger partial charge is 0.422 e.